The number of ether oxygens (including phenoxy) is 9. The molecule has 0 radical (unpaired) electrons. The highest BCUT2D eigenvalue weighted by Crippen LogP contribution is 2.54. The third kappa shape index (κ3) is 46.8. The molecule has 0 aromatic heterocycles. The van der Waals surface area contributed by atoms with Gasteiger partial charge >= 0.3 is 21.8 Å². The Morgan fingerprint density at radius 3 is 1.36 bits per heavy atom. The van der Waals surface area contributed by atoms with E-state index in [1.54, 1.807) is 7.11 Å². The molecule has 2 rings (SSSR count). The number of phosphoric acid groups is 2. The van der Waals surface area contributed by atoms with Crippen molar-refractivity contribution in [1.29, 1.82) is 0 Å². The summed E-state index contributed by atoms with van der Waals surface area (Å²) >= 11 is 0. The summed E-state index contributed by atoms with van der Waals surface area (Å²) in [4.78, 5) is 57.0. The molecule has 0 saturated carbocycles. The summed E-state index contributed by atoms with van der Waals surface area (Å²) < 4.78 is 124. The minimum Gasteiger partial charge on any atom is -0.430 e. The highest BCUT2D eigenvalue weighted by atomic mass is 31.2. The number of Topliss-reactive ketones (excluding diaryl/α,β-unsaturated/α-hetero) is 1. The fraction of sp³-hybridized carbons (Fsp3) is 0.805. The first kappa shape index (κ1) is 99.3. The van der Waals surface area contributed by atoms with Crippen LogP contribution >= 0.6 is 15.6 Å². The molecule has 0 bridgehead atoms. The zero-order valence-electron chi connectivity index (χ0n) is 67.0. The zero-order chi connectivity index (χ0) is 78.3. The van der Waals surface area contributed by atoms with Gasteiger partial charge in [0.2, 0.25) is 11.8 Å². The van der Waals surface area contributed by atoms with Crippen LogP contribution in [0.15, 0.2) is 75.4 Å². The van der Waals surface area contributed by atoms with Gasteiger partial charge in [-0.3, -0.25) is 41.5 Å². The second-order valence-electron chi connectivity index (χ2n) is 28.0. The third-order valence-corrected chi connectivity index (χ3v) is 21.6. The predicted octanol–water partition coefficient (Wildman–Crippen LogP) is 19.8. The van der Waals surface area contributed by atoms with Gasteiger partial charge in [0.25, 0.3) is 0 Å². The number of rotatable bonds is 74. The molecule has 2 aliphatic rings. The highest BCUT2D eigenvalue weighted by molar-refractivity contribution is 7.48. The molecule has 2 N–H and O–H groups in total. The average molecular weight is 1560 g/mol. The van der Waals surface area contributed by atoms with Gasteiger partial charge in [0.15, 0.2) is 18.7 Å². The number of allylic oxidation sites excluding steroid dienone is 2. The van der Waals surface area contributed by atoms with Crippen molar-refractivity contribution in [2.45, 2.75) is 352 Å². The molecule has 2 amide bonds. The van der Waals surface area contributed by atoms with E-state index in [0.29, 0.717) is 25.7 Å². The smallest absolute Gasteiger partial charge is 0.430 e. The van der Waals surface area contributed by atoms with E-state index < -0.39 is 102 Å². The summed E-state index contributed by atoms with van der Waals surface area (Å²) in [6, 6.07) is -2.81. The number of methoxy groups -OCH3 is 2. The maximum atomic E-state index is 14.9. The SMILES string of the molecule is C=CCOC(=O)O[C@H]1[C@H](OCCCCCCCCCC)[C@@H](NC(=O)CC(=O)CCCCCCCCCCC)C(OP(=O)(OCC=C)OCC=C)O[C@@H]1CO[C@@H]1O[C@H](COC)[C@@H](OP(=O)(OCC=C)OCC=C)[C@H](OCC[C@@H](CCCCCCC)OC)[C@H]1NC(=O)CCCCCCCCCC=CCCCCCC. The van der Waals surface area contributed by atoms with Crippen LogP contribution in [0.2, 0.25) is 0 Å². The molecule has 0 aromatic carbocycles. The molecule has 107 heavy (non-hydrogen) atoms. The second kappa shape index (κ2) is 65.8. The molecule has 2 saturated heterocycles. The molecule has 2 fully saturated rings. The van der Waals surface area contributed by atoms with E-state index in [2.05, 4.69) is 83.4 Å². The van der Waals surface area contributed by atoms with E-state index >= 15 is 0 Å². The van der Waals surface area contributed by atoms with Gasteiger partial charge in [0, 0.05) is 40.3 Å². The Labute approximate surface area is 646 Å². The third-order valence-electron chi connectivity index (χ3n) is 18.7. The number of hydrogen-bond donors (Lipinski definition) is 2. The lowest BCUT2D eigenvalue weighted by Gasteiger charge is -2.48. The van der Waals surface area contributed by atoms with Crippen LogP contribution < -0.4 is 10.6 Å². The molecule has 0 spiro atoms. The van der Waals surface area contributed by atoms with Crippen molar-refractivity contribution in [1.82, 2.24) is 10.6 Å². The number of amides is 2. The van der Waals surface area contributed by atoms with Crippen LogP contribution in [0.1, 0.15) is 285 Å². The Kier molecular flexibility index (Phi) is 61.1. The standard InChI is InChI=1S/C82H146N2O21P2/c1-12-21-25-29-32-35-36-37-38-39-40-42-44-48-52-56-72(86)83-74-79(94-64-57-69(92-11)55-51-46-28-24-15-4)77(104-106(89,97-59-17-6)98-60-18-7)70(66-91-10)101-80(74)96-67-71-76(103-82(88)95-58-16-5)78(93-63-53-49-45-34-31-27-23-14-3)75(81(102-71)105-107(90,99-61-19-8)100-62-20-9)84-73(87)65-68(85)54-50-47-43-41-33-30-26-22-13-2/h16-20,35-36,69-71,74-81H,5-9,12-15,21-34,37-67H2,1-4,10-11H3,(H,83,86)(H,84,87)/t69-,70-,71-,74-,75-,76-,77-,78-,79-,80-,81?/m1/s1. The molecule has 11 atom stereocenters. The Hall–Kier alpha value is -3.74. The van der Waals surface area contributed by atoms with Gasteiger partial charge < -0.3 is 53.3 Å². The van der Waals surface area contributed by atoms with Gasteiger partial charge in [-0.25, -0.2) is 13.9 Å². The van der Waals surface area contributed by atoms with E-state index in [9.17, 15) is 28.3 Å². The van der Waals surface area contributed by atoms with Crippen LogP contribution in [0.5, 0.6) is 0 Å². The Balaban J connectivity index is 2.92. The van der Waals surface area contributed by atoms with E-state index in [4.69, 9.17) is 69.8 Å². The van der Waals surface area contributed by atoms with E-state index in [0.717, 1.165) is 161 Å². The molecule has 0 aliphatic carbocycles. The molecular weight excluding hydrogens is 1410 g/mol. The largest absolute Gasteiger partial charge is 0.509 e. The van der Waals surface area contributed by atoms with E-state index in [-0.39, 0.29) is 83.5 Å². The van der Waals surface area contributed by atoms with Crippen molar-refractivity contribution < 1.29 is 98.1 Å². The van der Waals surface area contributed by atoms with Crippen molar-refractivity contribution in [3.8, 4) is 0 Å². The first-order valence-electron chi connectivity index (χ1n) is 41.0. The van der Waals surface area contributed by atoms with Crippen LogP contribution in [0.4, 0.5) is 4.79 Å². The van der Waals surface area contributed by atoms with E-state index in [1.807, 2.05) is 0 Å². The molecular formula is C82H146N2O21P2. The molecule has 25 heteroatoms. The monoisotopic (exact) mass is 1560 g/mol. The van der Waals surface area contributed by atoms with Crippen LogP contribution in [-0.2, 0) is 93.3 Å². The number of carbonyl (C=O) groups is 4. The van der Waals surface area contributed by atoms with Crippen molar-refractivity contribution in [3.63, 3.8) is 0 Å². The minimum absolute atomic E-state index is 0.0443. The zero-order valence-corrected chi connectivity index (χ0v) is 68.8. The van der Waals surface area contributed by atoms with Gasteiger partial charge in [0.05, 0.1) is 52.2 Å². The summed E-state index contributed by atoms with van der Waals surface area (Å²) in [6.45, 7) is 25.3. The summed E-state index contributed by atoms with van der Waals surface area (Å²) in [6.07, 6.45) is 35.4. The van der Waals surface area contributed by atoms with Gasteiger partial charge in [0.1, 0.15) is 55.0 Å². The van der Waals surface area contributed by atoms with Crippen LogP contribution in [0, 0.1) is 0 Å². The second-order valence-corrected chi connectivity index (χ2v) is 31.3. The number of nitrogens with one attached hydrogen (secondary N) is 2. The number of phosphoric ester groups is 2. The fourth-order valence-electron chi connectivity index (χ4n) is 12.9. The first-order valence-corrected chi connectivity index (χ1v) is 44.0. The number of ketones is 1. The van der Waals surface area contributed by atoms with Crippen LogP contribution in [-0.4, -0.2) is 165 Å². The van der Waals surface area contributed by atoms with Crippen molar-refractivity contribution in [2.24, 2.45) is 0 Å². The Bertz CT molecular complexity index is 2430. The Morgan fingerprint density at radius 2 is 0.850 bits per heavy atom. The summed E-state index contributed by atoms with van der Waals surface area (Å²) in [5.41, 5.74) is 0. The Morgan fingerprint density at radius 1 is 0.430 bits per heavy atom. The molecule has 620 valence electrons. The fourth-order valence-corrected chi connectivity index (χ4v) is 15.4. The van der Waals surface area contributed by atoms with Gasteiger partial charge in [-0.15, -0.1) is 26.3 Å². The summed E-state index contributed by atoms with van der Waals surface area (Å²) in [5.74, 6) is -1.44. The minimum atomic E-state index is -4.73. The topological polar surface area (TPSA) is 265 Å². The maximum absolute atomic E-state index is 14.9. The number of hydrogen-bond acceptors (Lipinski definition) is 21. The lowest BCUT2D eigenvalue weighted by atomic mass is 9.95. The lowest BCUT2D eigenvalue weighted by Crippen LogP contribution is -2.68. The normalized spacial score (nSPS) is 20.7. The molecule has 0 aromatic rings. The quantitative estimate of drug-likeness (QED) is 0.0188. The van der Waals surface area contributed by atoms with Gasteiger partial charge in [-0.1, -0.05) is 257 Å². The molecule has 2 aliphatic heterocycles. The molecule has 1 unspecified atom stereocenters. The van der Waals surface area contributed by atoms with Crippen molar-refractivity contribution in [2.75, 3.05) is 73.7 Å². The number of unbranched alkanes of at least 4 members (excludes halogenated alkanes) is 30. The first-order chi connectivity index (χ1) is 52.1. The molecule has 23 nitrogen and oxygen atoms in total. The van der Waals surface area contributed by atoms with Gasteiger partial charge in [-0.05, 0) is 57.8 Å². The lowest BCUT2D eigenvalue weighted by molar-refractivity contribution is -0.301. The van der Waals surface area contributed by atoms with Crippen LogP contribution in [0.25, 0.3) is 0 Å². The van der Waals surface area contributed by atoms with Crippen molar-refractivity contribution in [3.05, 3.63) is 75.4 Å². The predicted molar refractivity (Wildman–Crippen MR) is 423 cm³/mol. The highest BCUT2D eigenvalue weighted by Gasteiger charge is 2.56. The molecule has 2 heterocycles. The summed E-state index contributed by atoms with van der Waals surface area (Å²) in [5, 5.41) is 6.07. The summed E-state index contributed by atoms with van der Waals surface area (Å²) in [7, 11) is -6.19. The van der Waals surface area contributed by atoms with Crippen molar-refractivity contribution >= 4 is 39.4 Å². The maximum Gasteiger partial charge on any atom is 0.509 e. The van der Waals surface area contributed by atoms with Gasteiger partial charge in [-0.2, -0.15) is 0 Å². The average Bonchev–Trinajstić information content (AvgIpc) is 0.778. The van der Waals surface area contributed by atoms with Crippen LogP contribution in [0.3, 0.4) is 0 Å². The van der Waals surface area contributed by atoms with E-state index in [1.165, 1.54) is 88.9 Å². The number of carbonyl (C=O) groups excluding carboxylic acids is 4.